The van der Waals surface area contributed by atoms with Gasteiger partial charge >= 0.3 is 0 Å². The standard InChI is InChI=1S/C13H19NO/c1-11-6-5-9-13(15)14(11)10-12-7-3-2-4-8-12/h5-6,9,12H,2-4,7-8,10H2,1H3. The third-order valence-corrected chi connectivity index (χ3v) is 3.43. The van der Waals surface area contributed by atoms with Gasteiger partial charge in [-0.05, 0) is 31.7 Å². The first-order valence-electron chi connectivity index (χ1n) is 5.94. The highest BCUT2D eigenvalue weighted by molar-refractivity contribution is 5.04. The summed E-state index contributed by atoms with van der Waals surface area (Å²) < 4.78 is 1.93. The van der Waals surface area contributed by atoms with Crippen molar-refractivity contribution in [2.24, 2.45) is 5.92 Å². The number of nitrogens with zero attached hydrogens (tertiary/aromatic N) is 1. The third-order valence-electron chi connectivity index (χ3n) is 3.43. The summed E-state index contributed by atoms with van der Waals surface area (Å²) in [5, 5.41) is 0. The molecule has 0 atom stereocenters. The van der Waals surface area contributed by atoms with Crippen LogP contribution >= 0.6 is 0 Å². The molecule has 0 aromatic carbocycles. The molecule has 0 saturated heterocycles. The maximum absolute atomic E-state index is 11.7. The molecule has 0 unspecified atom stereocenters. The number of rotatable bonds is 2. The van der Waals surface area contributed by atoms with Crippen LogP contribution in [0.4, 0.5) is 0 Å². The van der Waals surface area contributed by atoms with Crippen LogP contribution < -0.4 is 5.56 Å². The molecule has 1 saturated carbocycles. The van der Waals surface area contributed by atoms with Crippen molar-refractivity contribution in [3.05, 3.63) is 34.2 Å². The van der Waals surface area contributed by atoms with Gasteiger partial charge in [-0.1, -0.05) is 25.3 Å². The lowest BCUT2D eigenvalue weighted by Gasteiger charge is -2.23. The minimum atomic E-state index is 0.153. The van der Waals surface area contributed by atoms with Crippen LogP contribution in [0, 0.1) is 12.8 Å². The first-order chi connectivity index (χ1) is 7.27. The summed E-state index contributed by atoms with van der Waals surface area (Å²) >= 11 is 0. The maximum Gasteiger partial charge on any atom is 0.250 e. The van der Waals surface area contributed by atoms with E-state index in [4.69, 9.17) is 0 Å². The Morgan fingerprint density at radius 3 is 2.67 bits per heavy atom. The van der Waals surface area contributed by atoms with E-state index in [9.17, 15) is 4.79 Å². The van der Waals surface area contributed by atoms with Crippen LogP contribution in [-0.2, 0) is 6.54 Å². The predicted octanol–water partition coefficient (Wildman–Crippen LogP) is 2.74. The molecule has 1 aromatic rings. The van der Waals surface area contributed by atoms with Gasteiger partial charge in [0, 0.05) is 18.3 Å². The van der Waals surface area contributed by atoms with Gasteiger partial charge in [-0.3, -0.25) is 4.79 Å². The van der Waals surface area contributed by atoms with Crippen LogP contribution in [0.3, 0.4) is 0 Å². The smallest absolute Gasteiger partial charge is 0.250 e. The number of pyridine rings is 1. The molecule has 0 bridgehead atoms. The van der Waals surface area contributed by atoms with Gasteiger partial charge in [-0.25, -0.2) is 0 Å². The van der Waals surface area contributed by atoms with Crippen LogP contribution in [0.15, 0.2) is 23.0 Å². The van der Waals surface area contributed by atoms with E-state index in [0.717, 1.165) is 18.2 Å². The fourth-order valence-corrected chi connectivity index (χ4v) is 2.49. The van der Waals surface area contributed by atoms with E-state index in [1.54, 1.807) is 6.07 Å². The Bertz CT molecular complexity index is 374. The van der Waals surface area contributed by atoms with Crippen molar-refractivity contribution in [3.63, 3.8) is 0 Å². The average molecular weight is 205 g/mol. The molecule has 1 fully saturated rings. The minimum Gasteiger partial charge on any atom is -0.313 e. The number of aryl methyl sites for hydroxylation is 1. The third kappa shape index (κ3) is 2.49. The summed E-state index contributed by atoms with van der Waals surface area (Å²) in [6, 6.07) is 5.52. The van der Waals surface area contributed by atoms with Crippen molar-refractivity contribution in [2.45, 2.75) is 45.6 Å². The van der Waals surface area contributed by atoms with Crippen molar-refractivity contribution < 1.29 is 0 Å². The Morgan fingerprint density at radius 1 is 1.27 bits per heavy atom. The van der Waals surface area contributed by atoms with Crippen molar-refractivity contribution in [1.29, 1.82) is 0 Å². The summed E-state index contributed by atoms with van der Waals surface area (Å²) in [6.45, 7) is 2.94. The molecule has 1 aromatic heterocycles. The average Bonchev–Trinajstić information content (AvgIpc) is 2.25. The minimum absolute atomic E-state index is 0.153. The quantitative estimate of drug-likeness (QED) is 0.727. The first-order valence-corrected chi connectivity index (χ1v) is 5.94. The Kier molecular flexibility index (Phi) is 3.24. The summed E-state index contributed by atoms with van der Waals surface area (Å²) in [5.41, 5.74) is 1.24. The molecule has 0 amide bonds. The molecule has 0 aliphatic heterocycles. The molecular formula is C13H19NO. The van der Waals surface area contributed by atoms with Crippen LogP contribution in [0.1, 0.15) is 37.8 Å². The molecular weight excluding hydrogens is 186 g/mol. The molecule has 82 valence electrons. The molecule has 0 N–H and O–H groups in total. The van der Waals surface area contributed by atoms with Crippen LogP contribution in [-0.4, -0.2) is 4.57 Å². The molecule has 0 spiro atoms. The zero-order chi connectivity index (χ0) is 10.7. The van der Waals surface area contributed by atoms with Gasteiger partial charge in [-0.2, -0.15) is 0 Å². The zero-order valence-corrected chi connectivity index (χ0v) is 9.41. The van der Waals surface area contributed by atoms with Gasteiger partial charge in [0.1, 0.15) is 0 Å². The normalized spacial score (nSPS) is 17.9. The van der Waals surface area contributed by atoms with Gasteiger partial charge in [0.05, 0.1) is 0 Å². The number of aromatic nitrogens is 1. The first kappa shape index (κ1) is 10.5. The summed E-state index contributed by atoms with van der Waals surface area (Å²) in [4.78, 5) is 11.7. The molecule has 1 aliphatic rings. The topological polar surface area (TPSA) is 22.0 Å². The van der Waals surface area contributed by atoms with E-state index >= 15 is 0 Å². The van der Waals surface area contributed by atoms with Gasteiger partial charge in [0.2, 0.25) is 0 Å². The van der Waals surface area contributed by atoms with Crippen molar-refractivity contribution in [3.8, 4) is 0 Å². The van der Waals surface area contributed by atoms with Gasteiger partial charge < -0.3 is 4.57 Å². The highest BCUT2D eigenvalue weighted by Gasteiger charge is 2.14. The second-order valence-electron chi connectivity index (χ2n) is 4.62. The molecule has 2 heteroatoms. The molecule has 1 aliphatic carbocycles. The van der Waals surface area contributed by atoms with Crippen LogP contribution in [0.2, 0.25) is 0 Å². The van der Waals surface area contributed by atoms with Crippen molar-refractivity contribution >= 4 is 0 Å². The Balaban J connectivity index is 2.12. The van der Waals surface area contributed by atoms with Crippen LogP contribution in [0.25, 0.3) is 0 Å². The van der Waals surface area contributed by atoms with Crippen LogP contribution in [0.5, 0.6) is 0 Å². The van der Waals surface area contributed by atoms with E-state index in [-0.39, 0.29) is 5.56 Å². The molecule has 15 heavy (non-hydrogen) atoms. The largest absolute Gasteiger partial charge is 0.313 e. The molecule has 1 heterocycles. The van der Waals surface area contributed by atoms with Gasteiger partial charge in [-0.15, -0.1) is 0 Å². The van der Waals surface area contributed by atoms with E-state index < -0.39 is 0 Å². The monoisotopic (exact) mass is 205 g/mol. The number of hydrogen-bond acceptors (Lipinski definition) is 1. The zero-order valence-electron chi connectivity index (χ0n) is 9.41. The summed E-state index contributed by atoms with van der Waals surface area (Å²) in [6.07, 6.45) is 6.64. The molecule has 0 radical (unpaired) electrons. The van der Waals surface area contributed by atoms with Crippen molar-refractivity contribution in [2.75, 3.05) is 0 Å². The lowest BCUT2D eigenvalue weighted by atomic mass is 9.89. The lowest BCUT2D eigenvalue weighted by Crippen LogP contribution is -2.25. The number of hydrogen-bond donors (Lipinski definition) is 0. The summed E-state index contributed by atoms with van der Waals surface area (Å²) in [7, 11) is 0. The highest BCUT2D eigenvalue weighted by Crippen LogP contribution is 2.24. The van der Waals surface area contributed by atoms with Gasteiger partial charge in [0.25, 0.3) is 5.56 Å². The summed E-state index contributed by atoms with van der Waals surface area (Å²) in [5.74, 6) is 0.720. The Morgan fingerprint density at radius 2 is 2.00 bits per heavy atom. The van der Waals surface area contributed by atoms with Crippen molar-refractivity contribution in [1.82, 2.24) is 4.57 Å². The second-order valence-corrected chi connectivity index (χ2v) is 4.62. The van der Waals surface area contributed by atoms with E-state index in [1.165, 1.54) is 32.1 Å². The maximum atomic E-state index is 11.7. The second kappa shape index (κ2) is 4.65. The SMILES string of the molecule is Cc1cccc(=O)n1CC1CCCCC1. The Labute approximate surface area is 90.9 Å². The van der Waals surface area contributed by atoms with E-state index in [2.05, 4.69) is 0 Å². The van der Waals surface area contributed by atoms with Gasteiger partial charge in [0.15, 0.2) is 0 Å². The predicted molar refractivity (Wildman–Crippen MR) is 62.0 cm³/mol. The highest BCUT2D eigenvalue weighted by atomic mass is 16.1. The fraction of sp³-hybridized carbons (Fsp3) is 0.615. The Hall–Kier alpha value is -1.05. The molecule has 2 nitrogen and oxygen atoms in total. The van der Waals surface area contributed by atoms with E-state index in [1.807, 2.05) is 23.6 Å². The fourth-order valence-electron chi connectivity index (χ4n) is 2.49. The lowest BCUT2D eigenvalue weighted by molar-refractivity contribution is 0.314. The molecule has 2 rings (SSSR count). The van der Waals surface area contributed by atoms with E-state index in [0.29, 0.717) is 0 Å².